The van der Waals surface area contributed by atoms with Crippen molar-refractivity contribution in [3.63, 3.8) is 0 Å². The number of nitrogens with one attached hydrogen (secondary N) is 1. The normalized spacial score (nSPS) is 13.0. The number of aryl methyl sites for hydroxylation is 1. The lowest BCUT2D eigenvalue weighted by Crippen LogP contribution is -2.32. The molecule has 1 aromatic carbocycles. The molecule has 0 spiro atoms. The van der Waals surface area contributed by atoms with E-state index in [0.717, 1.165) is 42.2 Å². The standard InChI is InChI=1S/C14H24ClN3/c1-4-18(5-2)9-8-14(17-16)12-7-6-11(3)13(15)10-12/h6-7,10,14,17H,4-5,8-9,16H2,1-3H3. The van der Waals surface area contributed by atoms with Crippen molar-refractivity contribution in [2.75, 3.05) is 19.6 Å². The predicted octanol–water partition coefficient (Wildman–Crippen LogP) is 2.88. The van der Waals surface area contributed by atoms with Crippen LogP contribution in [0.15, 0.2) is 18.2 Å². The Morgan fingerprint density at radius 2 is 2.00 bits per heavy atom. The molecular formula is C14H24ClN3. The smallest absolute Gasteiger partial charge is 0.0472 e. The van der Waals surface area contributed by atoms with E-state index in [1.54, 1.807) is 0 Å². The first-order valence-electron chi connectivity index (χ1n) is 6.56. The van der Waals surface area contributed by atoms with E-state index >= 15 is 0 Å². The molecule has 0 bridgehead atoms. The third-order valence-electron chi connectivity index (χ3n) is 3.43. The maximum Gasteiger partial charge on any atom is 0.0472 e. The van der Waals surface area contributed by atoms with Crippen LogP contribution in [0.2, 0.25) is 5.02 Å². The minimum absolute atomic E-state index is 0.156. The summed E-state index contributed by atoms with van der Waals surface area (Å²) in [5.41, 5.74) is 5.13. The van der Waals surface area contributed by atoms with Crippen molar-refractivity contribution in [3.05, 3.63) is 34.3 Å². The van der Waals surface area contributed by atoms with Gasteiger partial charge in [0, 0.05) is 11.1 Å². The van der Waals surface area contributed by atoms with E-state index < -0.39 is 0 Å². The molecule has 0 aromatic heterocycles. The highest BCUT2D eigenvalue weighted by molar-refractivity contribution is 6.31. The summed E-state index contributed by atoms with van der Waals surface area (Å²) in [6.07, 6.45) is 0.984. The van der Waals surface area contributed by atoms with E-state index in [0.29, 0.717) is 0 Å². The Kier molecular flexibility index (Phi) is 6.65. The number of hydrazine groups is 1. The average Bonchev–Trinajstić information content (AvgIpc) is 2.38. The molecule has 0 fully saturated rings. The third kappa shape index (κ3) is 4.25. The second-order valence-electron chi connectivity index (χ2n) is 4.54. The molecule has 1 aromatic rings. The van der Waals surface area contributed by atoms with Gasteiger partial charge < -0.3 is 4.90 Å². The van der Waals surface area contributed by atoms with Crippen molar-refractivity contribution in [2.24, 2.45) is 5.84 Å². The highest BCUT2D eigenvalue weighted by Crippen LogP contribution is 2.23. The largest absolute Gasteiger partial charge is 0.304 e. The van der Waals surface area contributed by atoms with Crippen LogP contribution >= 0.6 is 11.6 Å². The molecule has 0 radical (unpaired) electrons. The second kappa shape index (κ2) is 7.74. The first-order valence-corrected chi connectivity index (χ1v) is 6.94. The van der Waals surface area contributed by atoms with Gasteiger partial charge in [0.15, 0.2) is 0 Å². The van der Waals surface area contributed by atoms with Crippen LogP contribution in [0.5, 0.6) is 0 Å². The lowest BCUT2D eigenvalue weighted by atomic mass is 10.0. The topological polar surface area (TPSA) is 41.3 Å². The van der Waals surface area contributed by atoms with Crippen LogP contribution in [0.3, 0.4) is 0 Å². The van der Waals surface area contributed by atoms with Crippen LogP contribution in [0.4, 0.5) is 0 Å². The van der Waals surface area contributed by atoms with Gasteiger partial charge in [-0.3, -0.25) is 11.3 Å². The molecule has 18 heavy (non-hydrogen) atoms. The molecule has 0 aliphatic carbocycles. The highest BCUT2D eigenvalue weighted by atomic mass is 35.5. The highest BCUT2D eigenvalue weighted by Gasteiger charge is 2.12. The molecule has 0 saturated carbocycles. The zero-order valence-corrected chi connectivity index (χ0v) is 12.3. The van der Waals surface area contributed by atoms with E-state index in [9.17, 15) is 0 Å². The van der Waals surface area contributed by atoms with Crippen molar-refractivity contribution in [1.82, 2.24) is 10.3 Å². The fourth-order valence-electron chi connectivity index (χ4n) is 2.02. The van der Waals surface area contributed by atoms with Crippen LogP contribution < -0.4 is 11.3 Å². The number of rotatable bonds is 7. The summed E-state index contributed by atoms with van der Waals surface area (Å²) in [7, 11) is 0. The van der Waals surface area contributed by atoms with Gasteiger partial charge in [-0.1, -0.05) is 37.6 Å². The summed E-state index contributed by atoms with van der Waals surface area (Å²) < 4.78 is 0. The van der Waals surface area contributed by atoms with Crippen LogP contribution in [0.25, 0.3) is 0 Å². The van der Waals surface area contributed by atoms with Crippen molar-refractivity contribution in [3.8, 4) is 0 Å². The minimum atomic E-state index is 0.156. The van der Waals surface area contributed by atoms with Gasteiger partial charge in [-0.15, -0.1) is 0 Å². The zero-order valence-electron chi connectivity index (χ0n) is 11.5. The summed E-state index contributed by atoms with van der Waals surface area (Å²) in [6.45, 7) is 9.54. The molecule has 0 aliphatic heterocycles. The molecule has 1 atom stereocenters. The lowest BCUT2D eigenvalue weighted by molar-refractivity contribution is 0.282. The van der Waals surface area contributed by atoms with E-state index in [-0.39, 0.29) is 6.04 Å². The SMILES string of the molecule is CCN(CC)CCC(NN)c1ccc(C)c(Cl)c1. The number of nitrogens with zero attached hydrogens (tertiary/aromatic N) is 1. The van der Waals surface area contributed by atoms with Gasteiger partial charge in [0.2, 0.25) is 0 Å². The summed E-state index contributed by atoms with van der Waals surface area (Å²) >= 11 is 6.15. The van der Waals surface area contributed by atoms with Crippen LogP contribution in [0.1, 0.15) is 37.4 Å². The quantitative estimate of drug-likeness (QED) is 0.591. The maximum atomic E-state index is 6.15. The van der Waals surface area contributed by atoms with Crippen LogP contribution in [0, 0.1) is 6.92 Å². The zero-order chi connectivity index (χ0) is 13.5. The third-order valence-corrected chi connectivity index (χ3v) is 3.84. The number of hydrogen-bond acceptors (Lipinski definition) is 3. The average molecular weight is 270 g/mol. The fraction of sp³-hybridized carbons (Fsp3) is 0.571. The Morgan fingerprint density at radius 3 is 2.50 bits per heavy atom. The first-order chi connectivity index (χ1) is 8.62. The number of halogens is 1. The Hall–Kier alpha value is -0.610. The summed E-state index contributed by atoms with van der Waals surface area (Å²) in [4.78, 5) is 2.39. The molecule has 0 saturated heterocycles. The molecule has 4 heteroatoms. The number of hydrogen-bond donors (Lipinski definition) is 2. The van der Waals surface area contributed by atoms with Gasteiger partial charge in [-0.2, -0.15) is 0 Å². The Labute approximate surface area is 115 Å². The Morgan fingerprint density at radius 1 is 1.33 bits per heavy atom. The van der Waals surface area contributed by atoms with E-state index in [4.69, 9.17) is 17.4 Å². The van der Waals surface area contributed by atoms with Crippen molar-refractivity contribution in [1.29, 1.82) is 0 Å². The monoisotopic (exact) mass is 269 g/mol. The molecule has 3 N–H and O–H groups in total. The molecule has 0 aliphatic rings. The van der Waals surface area contributed by atoms with Gasteiger partial charge in [0.1, 0.15) is 0 Å². The van der Waals surface area contributed by atoms with E-state index in [2.05, 4.69) is 30.2 Å². The summed E-state index contributed by atoms with van der Waals surface area (Å²) in [5, 5.41) is 0.801. The van der Waals surface area contributed by atoms with Gasteiger partial charge in [0.05, 0.1) is 0 Å². The second-order valence-corrected chi connectivity index (χ2v) is 4.95. The van der Waals surface area contributed by atoms with E-state index in [1.165, 1.54) is 0 Å². The molecule has 0 heterocycles. The minimum Gasteiger partial charge on any atom is -0.304 e. The molecule has 1 rings (SSSR count). The van der Waals surface area contributed by atoms with Crippen LogP contribution in [-0.2, 0) is 0 Å². The van der Waals surface area contributed by atoms with Gasteiger partial charge >= 0.3 is 0 Å². The van der Waals surface area contributed by atoms with Gasteiger partial charge in [-0.05, 0) is 50.2 Å². The Balaban J connectivity index is 2.67. The van der Waals surface area contributed by atoms with Crippen LogP contribution in [-0.4, -0.2) is 24.5 Å². The van der Waals surface area contributed by atoms with Gasteiger partial charge in [-0.25, -0.2) is 0 Å². The van der Waals surface area contributed by atoms with Gasteiger partial charge in [0.25, 0.3) is 0 Å². The van der Waals surface area contributed by atoms with Crippen molar-refractivity contribution in [2.45, 2.75) is 33.2 Å². The van der Waals surface area contributed by atoms with Crippen molar-refractivity contribution < 1.29 is 0 Å². The molecule has 0 amide bonds. The van der Waals surface area contributed by atoms with Crippen molar-refractivity contribution >= 4 is 11.6 Å². The number of nitrogens with two attached hydrogens (primary N) is 1. The summed E-state index contributed by atoms with van der Waals surface area (Å²) in [6, 6.07) is 6.29. The molecular weight excluding hydrogens is 246 g/mol. The molecule has 102 valence electrons. The molecule has 1 unspecified atom stereocenters. The van der Waals surface area contributed by atoms with E-state index in [1.807, 2.05) is 19.1 Å². The first kappa shape index (κ1) is 15.4. The lowest BCUT2D eigenvalue weighted by Gasteiger charge is -2.22. The fourth-order valence-corrected chi connectivity index (χ4v) is 2.21. The summed E-state index contributed by atoms with van der Waals surface area (Å²) in [5.74, 6) is 5.65. The molecule has 3 nitrogen and oxygen atoms in total. The number of benzene rings is 1. The maximum absolute atomic E-state index is 6.15. The Bertz CT molecular complexity index is 364. The predicted molar refractivity (Wildman–Crippen MR) is 78.7 cm³/mol.